The van der Waals surface area contributed by atoms with E-state index in [1.165, 1.54) is 11.1 Å². The summed E-state index contributed by atoms with van der Waals surface area (Å²) in [6, 6.07) is 28.5. The molecule has 0 aliphatic rings. The molecule has 3 nitrogen and oxygen atoms in total. The van der Waals surface area contributed by atoms with E-state index >= 15 is 0 Å². The number of rotatable bonds is 7. The van der Waals surface area contributed by atoms with E-state index in [1.807, 2.05) is 48.5 Å². The highest BCUT2D eigenvalue weighted by atomic mass is 16.3. The Morgan fingerprint density at radius 3 is 1.56 bits per heavy atom. The van der Waals surface area contributed by atoms with Gasteiger partial charge in [0.2, 0.25) is 0 Å². The quantitative estimate of drug-likeness (QED) is 0.215. The van der Waals surface area contributed by atoms with Crippen molar-refractivity contribution in [2.45, 2.75) is 91.4 Å². The number of aldehydes is 1. The summed E-state index contributed by atoms with van der Waals surface area (Å²) < 4.78 is 0. The van der Waals surface area contributed by atoms with Crippen molar-refractivity contribution >= 4 is 6.29 Å². The zero-order valence-corrected chi connectivity index (χ0v) is 27.5. The average Bonchev–Trinajstić information content (AvgIpc) is 2.93. The average molecular weight is 577 g/mol. The van der Waals surface area contributed by atoms with Crippen LogP contribution < -0.4 is 0 Å². The lowest BCUT2D eigenvalue weighted by molar-refractivity contribution is 0.112. The monoisotopic (exact) mass is 576 g/mol. The second-order valence-electron chi connectivity index (χ2n) is 15.2. The summed E-state index contributed by atoms with van der Waals surface area (Å²) in [7, 11) is 0. The SMILES string of the molecule is CC(C)(C)c1cc(C(C)(C)c2cccc(C(C)(C)c3ccc(O)c(C(c4ccc(C=O)cc4)C(C)(C)C)c3)c2)ccc1O. The molecule has 43 heavy (non-hydrogen) atoms. The fraction of sp³-hybridized carbons (Fsp3) is 0.375. The second kappa shape index (κ2) is 11.3. The molecule has 1 unspecified atom stereocenters. The molecular formula is C40H48O3. The zero-order valence-electron chi connectivity index (χ0n) is 27.5. The summed E-state index contributed by atoms with van der Waals surface area (Å²) in [5, 5.41) is 21.7. The van der Waals surface area contributed by atoms with Gasteiger partial charge in [-0.1, -0.05) is 142 Å². The van der Waals surface area contributed by atoms with E-state index in [9.17, 15) is 15.0 Å². The van der Waals surface area contributed by atoms with Gasteiger partial charge in [0.1, 0.15) is 17.8 Å². The number of benzene rings is 4. The number of phenols is 2. The van der Waals surface area contributed by atoms with Gasteiger partial charge in [0.05, 0.1) is 0 Å². The maximum atomic E-state index is 11.3. The summed E-state index contributed by atoms with van der Waals surface area (Å²) >= 11 is 0. The van der Waals surface area contributed by atoms with E-state index in [4.69, 9.17) is 0 Å². The Labute approximate surface area is 258 Å². The van der Waals surface area contributed by atoms with Crippen LogP contribution in [-0.4, -0.2) is 16.5 Å². The Morgan fingerprint density at radius 2 is 1.07 bits per heavy atom. The largest absolute Gasteiger partial charge is 0.508 e. The van der Waals surface area contributed by atoms with Crippen LogP contribution in [0.15, 0.2) is 84.9 Å². The predicted molar refractivity (Wildman–Crippen MR) is 179 cm³/mol. The van der Waals surface area contributed by atoms with Gasteiger partial charge in [-0.25, -0.2) is 0 Å². The van der Waals surface area contributed by atoms with Crippen LogP contribution in [0.5, 0.6) is 11.5 Å². The van der Waals surface area contributed by atoms with Crippen LogP contribution in [0.3, 0.4) is 0 Å². The van der Waals surface area contributed by atoms with Gasteiger partial charge in [-0.2, -0.15) is 0 Å². The highest BCUT2D eigenvalue weighted by Crippen LogP contribution is 2.46. The highest BCUT2D eigenvalue weighted by molar-refractivity contribution is 5.74. The Kier molecular flexibility index (Phi) is 8.46. The molecule has 0 aromatic heterocycles. The van der Waals surface area contributed by atoms with E-state index in [0.717, 1.165) is 34.1 Å². The zero-order chi connectivity index (χ0) is 32.0. The van der Waals surface area contributed by atoms with Crippen molar-refractivity contribution in [2.75, 3.05) is 0 Å². The lowest BCUT2D eigenvalue weighted by Crippen LogP contribution is -2.24. The van der Waals surface area contributed by atoms with E-state index in [1.54, 1.807) is 0 Å². The van der Waals surface area contributed by atoms with E-state index in [0.29, 0.717) is 11.3 Å². The molecule has 0 saturated heterocycles. The molecule has 0 spiro atoms. The molecule has 0 fully saturated rings. The van der Waals surface area contributed by atoms with Crippen LogP contribution in [0.1, 0.15) is 124 Å². The first-order valence-electron chi connectivity index (χ1n) is 15.2. The number of phenolic OH excluding ortho intramolecular Hbond substituents is 2. The number of carbonyl (C=O) groups is 1. The van der Waals surface area contributed by atoms with Crippen LogP contribution in [-0.2, 0) is 16.2 Å². The van der Waals surface area contributed by atoms with Gasteiger partial charge in [-0.3, -0.25) is 4.79 Å². The minimum atomic E-state index is -0.343. The van der Waals surface area contributed by atoms with E-state index < -0.39 is 0 Å². The fourth-order valence-electron chi connectivity index (χ4n) is 6.24. The maximum Gasteiger partial charge on any atom is 0.150 e. The molecule has 0 aliphatic heterocycles. The van der Waals surface area contributed by atoms with E-state index in [-0.39, 0.29) is 33.3 Å². The standard InChI is InChI=1S/C40H48O3/c1-37(2,3)33-24-31(19-21-35(33)43)40(9,10)29-13-11-12-28(22-29)39(7,8)30-18-20-34(42)32(23-30)36(38(4,5)6)27-16-14-26(25-41)15-17-27/h11-25,36,42-43H,1-10H3. The van der Waals surface area contributed by atoms with E-state index in [2.05, 4.69) is 106 Å². The van der Waals surface area contributed by atoms with Crippen LogP contribution in [0.2, 0.25) is 0 Å². The van der Waals surface area contributed by atoms with Gasteiger partial charge >= 0.3 is 0 Å². The Morgan fingerprint density at radius 1 is 0.581 bits per heavy atom. The molecule has 0 bridgehead atoms. The number of aromatic hydroxyl groups is 2. The summed E-state index contributed by atoms with van der Waals surface area (Å²) in [4.78, 5) is 11.3. The maximum absolute atomic E-state index is 11.3. The lowest BCUT2D eigenvalue weighted by atomic mass is 9.69. The molecule has 0 saturated carbocycles. The van der Waals surface area contributed by atoms with Crippen LogP contribution in [0, 0.1) is 5.41 Å². The molecule has 2 N–H and O–H groups in total. The molecule has 226 valence electrons. The van der Waals surface area contributed by atoms with Crippen LogP contribution >= 0.6 is 0 Å². The van der Waals surface area contributed by atoms with Crippen molar-refractivity contribution in [2.24, 2.45) is 5.41 Å². The Balaban J connectivity index is 1.79. The minimum Gasteiger partial charge on any atom is -0.508 e. The number of hydrogen-bond acceptors (Lipinski definition) is 3. The normalized spacial score (nSPS) is 13.5. The topological polar surface area (TPSA) is 57.5 Å². The molecule has 0 heterocycles. The van der Waals surface area contributed by atoms with Gasteiger partial charge in [-0.05, 0) is 56.3 Å². The first-order valence-corrected chi connectivity index (χ1v) is 15.2. The van der Waals surface area contributed by atoms with Gasteiger partial charge in [0, 0.05) is 27.9 Å². The number of hydrogen-bond donors (Lipinski definition) is 2. The van der Waals surface area contributed by atoms with Crippen molar-refractivity contribution in [3.05, 3.63) is 129 Å². The minimum absolute atomic E-state index is 0.0688. The Bertz CT molecular complexity index is 1610. The highest BCUT2D eigenvalue weighted by Gasteiger charge is 2.33. The van der Waals surface area contributed by atoms with Crippen molar-refractivity contribution in [1.29, 1.82) is 0 Å². The molecular weight excluding hydrogens is 528 g/mol. The first kappa shape index (κ1) is 32.1. The Hall–Kier alpha value is -3.85. The van der Waals surface area contributed by atoms with Crippen LogP contribution in [0.4, 0.5) is 0 Å². The molecule has 4 rings (SSSR count). The van der Waals surface area contributed by atoms with Crippen LogP contribution in [0.25, 0.3) is 0 Å². The van der Waals surface area contributed by atoms with Gasteiger partial charge in [0.15, 0.2) is 0 Å². The second-order valence-corrected chi connectivity index (χ2v) is 15.2. The predicted octanol–water partition coefficient (Wildman–Crippen LogP) is 10.0. The molecule has 0 amide bonds. The van der Waals surface area contributed by atoms with Gasteiger partial charge in [-0.15, -0.1) is 0 Å². The summed E-state index contributed by atoms with van der Waals surface area (Å²) in [6.45, 7) is 21.9. The van der Waals surface area contributed by atoms with Gasteiger partial charge < -0.3 is 10.2 Å². The molecule has 4 aromatic rings. The third kappa shape index (κ3) is 6.42. The lowest BCUT2D eigenvalue weighted by Gasteiger charge is -2.35. The molecule has 4 aromatic carbocycles. The van der Waals surface area contributed by atoms with Crippen molar-refractivity contribution in [3.63, 3.8) is 0 Å². The molecule has 0 aliphatic carbocycles. The smallest absolute Gasteiger partial charge is 0.150 e. The van der Waals surface area contributed by atoms with Gasteiger partial charge in [0.25, 0.3) is 0 Å². The van der Waals surface area contributed by atoms with Crippen molar-refractivity contribution in [1.82, 2.24) is 0 Å². The van der Waals surface area contributed by atoms with Crippen molar-refractivity contribution in [3.8, 4) is 11.5 Å². The third-order valence-electron chi connectivity index (χ3n) is 9.16. The first-order chi connectivity index (χ1) is 19.9. The van der Waals surface area contributed by atoms with Crippen molar-refractivity contribution < 1.29 is 15.0 Å². The summed E-state index contributed by atoms with van der Waals surface area (Å²) in [5.41, 5.74) is 7.22. The fourth-order valence-corrected chi connectivity index (χ4v) is 6.24. The third-order valence-corrected chi connectivity index (χ3v) is 9.16. The summed E-state index contributed by atoms with van der Waals surface area (Å²) in [6.07, 6.45) is 0.858. The molecule has 0 radical (unpaired) electrons. The number of carbonyl (C=O) groups excluding carboxylic acids is 1. The molecule has 3 heteroatoms. The summed E-state index contributed by atoms with van der Waals surface area (Å²) in [5.74, 6) is 0.537. The molecule has 1 atom stereocenters.